The molecule has 11 rings (SSSR count). The Morgan fingerprint density at radius 3 is 2.15 bits per heavy atom. The summed E-state index contributed by atoms with van der Waals surface area (Å²) in [6.07, 6.45) is 6.37. The van der Waals surface area contributed by atoms with Crippen LogP contribution in [0.3, 0.4) is 0 Å². The van der Waals surface area contributed by atoms with E-state index in [9.17, 15) is 0 Å². The fourth-order valence-electron chi connectivity index (χ4n) is 9.09. The normalized spacial score (nSPS) is 14.0. The number of nitrogens with zero attached hydrogens (tertiary/aromatic N) is 2. The van der Waals surface area contributed by atoms with E-state index in [1.54, 1.807) is 0 Å². The third kappa shape index (κ3) is 4.61. The molecule has 54 heavy (non-hydrogen) atoms. The van der Waals surface area contributed by atoms with Gasteiger partial charge >= 0.3 is 0 Å². The lowest BCUT2D eigenvalue weighted by atomic mass is 9.81. The zero-order valence-corrected chi connectivity index (χ0v) is 30.2. The first kappa shape index (κ1) is 31.0. The van der Waals surface area contributed by atoms with Crippen molar-refractivity contribution in [2.45, 2.75) is 32.1 Å². The summed E-state index contributed by atoms with van der Waals surface area (Å²) in [7, 11) is 0. The Morgan fingerprint density at radius 1 is 0.537 bits per heavy atom. The van der Waals surface area contributed by atoms with Gasteiger partial charge in [-0.3, -0.25) is 0 Å². The predicted molar refractivity (Wildman–Crippen MR) is 223 cm³/mol. The first-order valence-corrected chi connectivity index (χ1v) is 18.9. The van der Waals surface area contributed by atoms with Crippen molar-refractivity contribution in [3.05, 3.63) is 174 Å². The highest BCUT2D eigenvalue weighted by molar-refractivity contribution is 6.11. The van der Waals surface area contributed by atoms with E-state index in [0.29, 0.717) is 5.82 Å². The Morgan fingerprint density at radius 2 is 1.28 bits per heavy atom. The average Bonchev–Trinajstić information content (AvgIpc) is 3.72. The summed E-state index contributed by atoms with van der Waals surface area (Å²) >= 11 is 0. The van der Waals surface area contributed by atoms with Crippen molar-refractivity contribution in [3.63, 3.8) is 0 Å². The monoisotopic (exact) mass is 692 g/mol. The maximum absolute atomic E-state index is 6.39. The Labute approximate surface area is 314 Å². The zero-order valence-electron chi connectivity index (χ0n) is 30.2. The molecule has 0 unspecified atom stereocenters. The summed E-state index contributed by atoms with van der Waals surface area (Å²) in [5.41, 5.74) is 14.7. The number of allylic oxidation sites excluding steroid dienone is 1. The number of hydrogen-bond donors (Lipinski definition) is 0. The highest BCUT2D eigenvalue weighted by atomic mass is 16.3. The smallest absolute Gasteiger partial charge is 0.160 e. The predicted octanol–water partition coefficient (Wildman–Crippen LogP) is 13.5. The third-order valence-corrected chi connectivity index (χ3v) is 11.8. The zero-order chi connectivity index (χ0) is 36.0. The van der Waals surface area contributed by atoms with Gasteiger partial charge in [0.05, 0.1) is 11.4 Å². The number of hydrogen-bond acceptors (Lipinski definition) is 3. The lowest BCUT2D eigenvalue weighted by molar-refractivity contribution is 0.546. The minimum absolute atomic E-state index is 0.111. The van der Waals surface area contributed by atoms with Crippen molar-refractivity contribution in [1.82, 2.24) is 9.97 Å². The van der Waals surface area contributed by atoms with E-state index in [1.165, 1.54) is 55.1 Å². The summed E-state index contributed by atoms with van der Waals surface area (Å²) in [5, 5.41) is 6.09. The second kappa shape index (κ2) is 11.7. The van der Waals surface area contributed by atoms with Crippen molar-refractivity contribution in [2.24, 2.45) is 0 Å². The van der Waals surface area contributed by atoms with Crippen LogP contribution in [0.1, 0.15) is 42.7 Å². The first-order chi connectivity index (χ1) is 26.5. The molecule has 256 valence electrons. The van der Waals surface area contributed by atoms with E-state index >= 15 is 0 Å². The fourth-order valence-corrected chi connectivity index (χ4v) is 9.09. The lowest BCUT2D eigenvalue weighted by Gasteiger charge is -2.22. The molecule has 0 aliphatic heterocycles. The molecular weight excluding hydrogens is 657 g/mol. The highest BCUT2D eigenvalue weighted by Gasteiger charge is 2.38. The van der Waals surface area contributed by atoms with E-state index in [0.717, 1.165) is 63.0 Å². The molecule has 2 aromatic heterocycles. The quantitative estimate of drug-likeness (QED) is 0.184. The molecular formula is C51H36N2O. The van der Waals surface area contributed by atoms with Gasteiger partial charge < -0.3 is 4.42 Å². The highest BCUT2D eigenvalue weighted by Crippen LogP contribution is 2.55. The van der Waals surface area contributed by atoms with Crippen LogP contribution in [0.2, 0.25) is 0 Å². The number of rotatable bonds is 4. The van der Waals surface area contributed by atoms with Gasteiger partial charge in [0.15, 0.2) is 5.82 Å². The molecule has 0 radical (unpaired) electrons. The second-order valence-electron chi connectivity index (χ2n) is 15.2. The number of aromatic nitrogens is 2. The van der Waals surface area contributed by atoms with Crippen molar-refractivity contribution in [3.8, 4) is 56.2 Å². The molecule has 0 spiro atoms. The van der Waals surface area contributed by atoms with E-state index in [1.807, 2.05) is 18.2 Å². The molecule has 0 saturated carbocycles. The van der Waals surface area contributed by atoms with Crippen LogP contribution >= 0.6 is 0 Å². The van der Waals surface area contributed by atoms with Crippen molar-refractivity contribution in [1.29, 1.82) is 0 Å². The van der Waals surface area contributed by atoms with Crippen LogP contribution in [0.15, 0.2) is 156 Å². The molecule has 0 atom stereocenters. The summed E-state index contributed by atoms with van der Waals surface area (Å²) in [6.45, 7) is 4.73. The Kier molecular flexibility index (Phi) is 6.72. The Balaban J connectivity index is 1.12. The van der Waals surface area contributed by atoms with Crippen LogP contribution in [0.4, 0.5) is 0 Å². The van der Waals surface area contributed by atoms with Crippen molar-refractivity contribution >= 4 is 38.6 Å². The van der Waals surface area contributed by atoms with Crippen LogP contribution < -0.4 is 0 Å². The first-order valence-electron chi connectivity index (χ1n) is 18.9. The van der Waals surface area contributed by atoms with E-state index < -0.39 is 0 Å². The van der Waals surface area contributed by atoms with Crippen LogP contribution in [0.5, 0.6) is 0 Å². The van der Waals surface area contributed by atoms with E-state index in [4.69, 9.17) is 14.4 Å². The van der Waals surface area contributed by atoms with Gasteiger partial charge in [-0.1, -0.05) is 153 Å². The average molecular weight is 693 g/mol. The van der Waals surface area contributed by atoms with Gasteiger partial charge in [-0.2, -0.15) is 0 Å². The third-order valence-electron chi connectivity index (χ3n) is 11.8. The number of furan rings is 1. The molecule has 0 fully saturated rings. The second-order valence-corrected chi connectivity index (χ2v) is 15.2. The summed E-state index contributed by atoms with van der Waals surface area (Å²) < 4.78 is 6.39. The molecule has 9 aromatic rings. The van der Waals surface area contributed by atoms with Crippen LogP contribution in [-0.2, 0) is 11.8 Å². The van der Waals surface area contributed by atoms with Crippen molar-refractivity contribution in [2.75, 3.05) is 0 Å². The summed E-state index contributed by atoms with van der Waals surface area (Å²) in [4.78, 5) is 10.4. The maximum Gasteiger partial charge on any atom is 0.160 e. The van der Waals surface area contributed by atoms with Crippen LogP contribution in [0, 0.1) is 0 Å². The van der Waals surface area contributed by atoms with Crippen LogP contribution in [0.25, 0.3) is 94.7 Å². The molecule has 3 heteroatoms. The topological polar surface area (TPSA) is 38.9 Å². The summed E-state index contributed by atoms with van der Waals surface area (Å²) in [5.74, 6) is 1.76. The van der Waals surface area contributed by atoms with E-state index in [-0.39, 0.29) is 5.41 Å². The van der Waals surface area contributed by atoms with Gasteiger partial charge in [0.25, 0.3) is 0 Å². The number of benzene rings is 7. The Hall–Kier alpha value is -6.58. The molecule has 3 nitrogen and oxygen atoms in total. The SMILES string of the molecule is CC1(C)c2cccc(-c3ccc(-c4cc(-c5ccc6c7c(oc6c5)CCC=C7)nc(-c5ccccc5)n4)c4ccccc34)c2-c2c1ccc1ccccc21. The molecule has 2 aliphatic rings. The van der Waals surface area contributed by atoms with Gasteiger partial charge in [-0.25, -0.2) is 9.97 Å². The minimum Gasteiger partial charge on any atom is -0.460 e. The van der Waals surface area contributed by atoms with Gasteiger partial charge in [0.2, 0.25) is 0 Å². The van der Waals surface area contributed by atoms with E-state index in [2.05, 4.69) is 153 Å². The standard InChI is InChI=1S/C51H36N2O/c1-51(2)42-21-12-20-41(49(42)48-34-16-7-6-13-31(34)24-28-43(48)51)37-26-27-38(36-18-9-8-17-35(36)37)45-30-44(52-50(53-45)32-14-4-3-5-15-32)33-23-25-40-39-19-10-11-22-46(39)54-47(40)29-33/h3-10,12-21,23-30H,11,22H2,1-2H3. The maximum atomic E-state index is 6.39. The fraction of sp³-hybridized carbons (Fsp3) is 0.0980. The van der Waals surface area contributed by atoms with Gasteiger partial charge in [-0.15, -0.1) is 0 Å². The molecule has 0 amide bonds. The van der Waals surface area contributed by atoms with Gasteiger partial charge in [-0.05, 0) is 79.5 Å². The molecule has 0 bridgehead atoms. The number of fused-ring (bicyclic) bond motifs is 9. The van der Waals surface area contributed by atoms with Crippen molar-refractivity contribution < 1.29 is 4.42 Å². The lowest BCUT2D eigenvalue weighted by Crippen LogP contribution is -2.14. The molecule has 7 aromatic carbocycles. The summed E-state index contributed by atoms with van der Waals surface area (Å²) in [6, 6.07) is 52.6. The Bertz CT molecular complexity index is 3020. The molecule has 0 N–H and O–H groups in total. The van der Waals surface area contributed by atoms with Crippen LogP contribution in [-0.4, -0.2) is 9.97 Å². The molecule has 2 heterocycles. The molecule has 0 saturated heterocycles. The number of aryl methyl sites for hydroxylation is 1. The largest absolute Gasteiger partial charge is 0.460 e. The van der Waals surface area contributed by atoms with Gasteiger partial charge in [0, 0.05) is 39.5 Å². The minimum atomic E-state index is -0.111. The molecule has 2 aliphatic carbocycles. The van der Waals surface area contributed by atoms with Gasteiger partial charge in [0.1, 0.15) is 11.3 Å².